The van der Waals surface area contributed by atoms with Crippen molar-refractivity contribution in [3.05, 3.63) is 11.7 Å². The zero-order valence-electron chi connectivity index (χ0n) is 8.85. The SMILES string of the molecule is Cc1noc(CC(O)C2CCOCC2)n1. The molecule has 1 atom stereocenters. The number of nitrogens with zero attached hydrogens (tertiary/aromatic N) is 2. The van der Waals surface area contributed by atoms with Crippen LogP contribution in [0.1, 0.15) is 24.6 Å². The molecule has 0 radical (unpaired) electrons. The molecule has 0 amide bonds. The zero-order chi connectivity index (χ0) is 10.7. The normalized spacial score (nSPS) is 20.4. The van der Waals surface area contributed by atoms with Crippen molar-refractivity contribution < 1.29 is 14.4 Å². The van der Waals surface area contributed by atoms with Crippen LogP contribution < -0.4 is 0 Å². The van der Waals surface area contributed by atoms with Gasteiger partial charge in [0.2, 0.25) is 5.89 Å². The second-order valence-electron chi connectivity index (χ2n) is 3.96. The summed E-state index contributed by atoms with van der Waals surface area (Å²) in [5.74, 6) is 1.43. The van der Waals surface area contributed by atoms with Gasteiger partial charge in [-0.1, -0.05) is 5.16 Å². The molecule has 0 bridgehead atoms. The lowest BCUT2D eigenvalue weighted by Crippen LogP contribution is -2.29. The third-order valence-corrected chi connectivity index (χ3v) is 2.76. The van der Waals surface area contributed by atoms with E-state index < -0.39 is 6.10 Å². The molecule has 1 aromatic heterocycles. The molecule has 0 saturated carbocycles. The molecular formula is C10H16N2O3. The van der Waals surface area contributed by atoms with Gasteiger partial charge in [0.05, 0.1) is 12.5 Å². The Morgan fingerprint density at radius 3 is 2.80 bits per heavy atom. The number of rotatable bonds is 3. The van der Waals surface area contributed by atoms with Crippen molar-refractivity contribution in [1.29, 1.82) is 0 Å². The quantitative estimate of drug-likeness (QED) is 0.799. The van der Waals surface area contributed by atoms with Crippen molar-refractivity contribution in [2.75, 3.05) is 13.2 Å². The van der Waals surface area contributed by atoms with Crippen molar-refractivity contribution in [2.24, 2.45) is 5.92 Å². The van der Waals surface area contributed by atoms with Crippen molar-refractivity contribution in [1.82, 2.24) is 10.1 Å². The molecule has 2 rings (SSSR count). The predicted molar refractivity (Wildman–Crippen MR) is 52.3 cm³/mol. The average molecular weight is 212 g/mol. The Labute approximate surface area is 88.4 Å². The molecule has 2 heterocycles. The largest absolute Gasteiger partial charge is 0.392 e. The molecule has 1 fully saturated rings. The monoisotopic (exact) mass is 212 g/mol. The third kappa shape index (κ3) is 2.76. The van der Waals surface area contributed by atoms with Gasteiger partial charge in [-0.05, 0) is 25.7 Å². The van der Waals surface area contributed by atoms with E-state index in [1.807, 2.05) is 0 Å². The number of hydrogen-bond donors (Lipinski definition) is 1. The van der Waals surface area contributed by atoms with E-state index in [0.29, 0.717) is 24.1 Å². The first kappa shape index (κ1) is 10.6. The zero-order valence-corrected chi connectivity index (χ0v) is 8.85. The molecule has 5 nitrogen and oxygen atoms in total. The van der Waals surface area contributed by atoms with E-state index in [1.165, 1.54) is 0 Å². The van der Waals surface area contributed by atoms with Gasteiger partial charge in [0.1, 0.15) is 0 Å². The number of hydrogen-bond acceptors (Lipinski definition) is 5. The summed E-state index contributed by atoms with van der Waals surface area (Å²) in [7, 11) is 0. The van der Waals surface area contributed by atoms with Crippen LogP contribution in [-0.2, 0) is 11.2 Å². The molecule has 1 aliphatic heterocycles. The summed E-state index contributed by atoms with van der Waals surface area (Å²) in [4.78, 5) is 4.08. The summed E-state index contributed by atoms with van der Waals surface area (Å²) in [5.41, 5.74) is 0. The fourth-order valence-corrected chi connectivity index (χ4v) is 1.87. The maximum Gasteiger partial charge on any atom is 0.229 e. The Bertz CT molecular complexity index is 307. The minimum atomic E-state index is -0.395. The van der Waals surface area contributed by atoms with Crippen LogP contribution in [0.3, 0.4) is 0 Å². The van der Waals surface area contributed by atoms with Gasteiger partial charge in [-0.15, -0.1) is 0 Å². The average Bonchev–Trinajstić information content (AvgIpc) is 2.65. The highest BCUT2D eigenvalue weighted by Crippen LogP contribution is 2.20. The summed E-state index contributed by atoms with van der Waals surface area (Å²) in [6.45, 7) is 3.25. The summed E-state index contributed by atoms with van der Waals surface area (Å²) in [6, 6.07) is 0. The van der Waals surface area contributed by atoms with Crippen LogP contribution in [0.15, 0.2) is 4.52 Å². The van der Waals surface area contributed by atoms with Crippen LogP contribution in [0.2, 0.25) is 0 Å². The van der Waals surface area contributed by atoms with Gasteiger partial charge in [0.25, 0.3) is 0 Å². The van der Waals surface area contributed by atoms with Gasteiger partial charge in [-0.2, -0.15) is 4.98 Å². The third-order valence-electron chi connectivity index (χ3n) is 2.76. The maximum absolute atomic E-state index is 9.95. The van der Waals surface area contributed by atoms with Gasteiger partial charge >= 0.3 is 0 Å². The van der Waals surface area contributed by atoms with Crippen molar-refractivity contribution in [3.63, 3.8) is 0 Å². The predicted octanol–water partition coefficient (Wildman–Crippen LogP) is 0.708. The lowest BCUT2D eigenvalue weighted by molar-refractivity contribution is 0.00574. The highest BCUT2D eigenvalue weighted by atomic mass is 16.5. The molecule has 0 aromatic carbocycles. The van der Waals surface area contributed by atoms with Gasteiger partial charge in [-0.3, -0.25) is 0 Å². The first-order valence-electron chi connectivity index (χ1n) is 5.30. The Morgan fingerprint density at radius 1 is 1.47 bits per heavy atom. The highest BCUT2D eigenvalue weighted by molar-refractivity contribution is 4.87. The Kier molecular flexibility index (Phi) is 3.33. The number of aromatic nitrogens is 2. The van der Waals surface area contributed by atoms with E-state index in [0.717, 1.165) is 26.1 Å². The smallest absolute Gasteiger partial charge is 0.229 e. The molecule has 0 spiro atoms. The lowest BCUT2D eigenvalue weighted by Gasteiger charge is -2.25. The maximum atomic E-state index is 9.95. The Morgan fingerprint density at radius 2 is 2.20 bits per heavy atom. The fraction of sp³-hybridized carbons (Fsp3) is 0.800. The van der Waals surface area contributed by atoms with E-state index in [-0.39, 0.29) is 0 Å². The first-order valence-corrected chi connectivity index (χ1v) is 5.30. The van der Waals surface area contributed by atoms with Gasteiger partial charge in [0.15, 0.2) is 5.82 Å². The molecule has 1 aromatic rings. The number of aliphatic hydroxyl groups excluding tert-OH is 1. The van der Waals surface area contributed by atoms with Crippen molar-refractivity contribution in [3.8, 4) is 0 Å². The Balaban J connectivity index is 1.88. The summed E-state index contributed by atoms with van der Waals surface area (Å²) in [5, 5.41) is 13.6. The number of aliphatic hydroxyl groups is 1. The number of ether oxygens (including phenoxy) is 1. The minimum Gasteiger partial charge on any atom is -0.392 e. The molecule has 84 valence electrons. The summed E-state index contributed by atoms with van der Waals surface area (Å²) >= 11 is 0. The standard InChI is InChI=1S/C10H16N2O3/c1-7-11-10(15-12-7)6-9(13)8-2-4-14-5-3-8/h8-9,13H,2-6H2,1H3. The molecule has 1 saturated heterocycles. The van der Waals surface area contributed by atoms with Crippen molar-refractivity contribution in [2.45, 2.75) is 32.3 Å². The topological polar surface area (TPSA) is 68.4 Å². The Hall–Kier alpha value is -0.940. The molecule has 0 aliphatic carbocycles. The summed E-state index contributed by atoms with van der Waals surface area (Å²) in [6.07, 6.45) is 1.88. The van der Waals surface area contributed by atoms with Crippen LogP contribution in [0, 0.1) is 12.8 Å². The molecule has 1 N–H and O–H groups in total. The number of aryl methyl sites for hydroxylation is 1. The second-order valence-corrected chi connectivity index (χ2v) is 3.96. The lowest BCUT2D eigenvalue weighted by atomic mass is 9.92. The highest BCUT2D eigenvalue weighted by Gasteiger charge is 2.23. The van der Waals surface area contributed by atoms with E-state index in [2.05, 4.69) is 10.1 Å². The van der Waals surface area contributed by atoms with Crippen molar-refractivity contribution >= 4 is 0 Å². The van der Waals surface area contributed by atoms with Crippen LogP contribution in [-0.4, -0.2) is 34.6 Å². The van der Waals surface area contributed by atoms with Gasteiger partial charge in [0, 0.05) is 13.2 Å². The molecule has 15 heavy (non-hydrogen) atoms. The van der Waals surface area contributed by atoms with Gasteiger partial charge in [-0.25, -0.2) is 0 Å². The van der Waals surface area contributed by atoms with E-state index in [1.54, 1.807) is 6.92 Å². The van der Waals surface area contributed by atoms with Gasteiger partial charge < -0.3 is 14.4 Å². The summed E-state index contributed by atoms with van der Waals surface area (Å²) < 4.78 is 10.2. The fourth-order valence-electron chi connectivity index (χ4n) is 1.87. The van der Waals surface area contributed by atoms with Crippen LogP contribution >= 0.6 is 0 Å². The van der Waals surface area contributed by atoms with Crippen LogP contribution in [0.5, 0.6) is 0 Å². The molecule has 1 unspecified atom stereocenters. The van der Waals surface area contributed by atoms with E-state index in [9.17, 15) is 5.11 Å². The first-order chi connectivity index (χ1) is 7.25. The minimum absolute atomic E-state index is 0.297. The molecular weight excluding hydrogens is 196 g/mol. The van der Waals surface area contributed by atoms with Crippen LogP contribution in [0.25, 0.3) is 0 Å². The molecule has 5 heteroatoms. The molecule has 1 aliphatic rings. The second kappa shape index (κ2) is 4.72. The van der Waals surface area contributed by atoms with E-state index >= 15 is 0 Å². The van der Waals surface area contributed by atoms with E-state index in [4.69, 9.17) is 9.26 Å². The van der Waals surface area contributed by atoms with Crippen LogP contribution in [0.4, 0.5) is 0 Å².